The normalized spacial score (nSPS) is 15.2. The molecule has 0 N–H and O–H groups in total. The summed E-state index contributed by atoms with van der Waals surface area (Å²) in [6.45, 7) is 3.60. The van der Waals surface area contributed by atoms with Gasteiger partial charge in [-0.15, -0.1) is 0 Å². The van der Waals surface area contributed by atoms with Crippen LogP contribution in [-0.4, -0.2) is 52.0 Å². The maximum Gasteiger partial charge on any atom is 0.289 e. The van der Waals surface area contributed by atoms with Crippen molar-refractivity contribution in [2.24, 2.45) is 0 Å². The van der Waals surface area contributed by atoms with Gasteiger partial charge in [0.25, 0.3) is 11.8 Å². The van der Waals surface area contributed by atoms with Gasteiger partial charge in [-0.2, -0.15) is 0 Å². The average molecular weight is 426 g/mol. The Morgan fingerprint density at radius 1 is 0.900 bits per heavy atom. The highest BCUT2D eigenvalue weighted by atomic mass is 32.2. The van der Waals surface area contributed by atoms with Crippen LogP contribution >= 0.6 is 0 Å². The first-order valence-corrected chi connectivity index (χ1v) is 11.0. The van der Waals surface area contributed by atoms with E-state index < -0.39 is 10.8 Å². The van der Waals surface area contributed by atoms with Crippen LogP contribution in [0.4, 0.5) is 0 Å². The molecule has 0 saturated carbocycles. The second-order valence-corrected chi connectivity index (χ2v) is 8.50. The number of rotatable bonds is 5. The van der Waals surface area contributed by atoms with Gasteiger partial charge in [0.1, 0.15) is 5.76 Å². The van der Waals surface area contributed by atoms with E-state index in [4.69, 9.17) is 8.83 Å². The maximum absolute atomic E-state index is 12.8. The third-order valence-corrected chi connectivity index (χ3v) is 6.57. The predicted molar refractivity (Wildman–Crippen MR) is 111 cm³/mol. The highest BCUT2D eigenvalue weighted by Gasteiger charge is 2.28. The van der Waals surface area contributed by atoms with Crippen molar-refractivity contribution in [1.29, 1.82) is 0 Å². The minimum atomic E-state index is -1.25. The summed E-state index contributed by atoms with van der Waals surface area (Å²) in [5, 5.41) is 0. The first-order valence-electron chi connectivity index (χ1n) is 9.67. The molecular formula is C22H22N2O5S. The van der Waals surface area contributed by atoms with Crippen molar-refractivity contribution in [3.05, 3.63) is 77.6 Å². The van der Waals surface area contributed by atoms with E-state index in [9.17, 15) is 13.8 Å². The molecule has 0 radical (unpaired) electrons. The first-order chi connectivity index (χ1) is 14.5. The number of hydrogen-bond donors (Lipinski definition) is 0. The molecule has 8 heteroatoms. The number of hydrogen-bond acceptors (Lipinski definition) is 5. The zero-order valence-corrected chi connectivity index (χ0v) is 17.4. The number of aryl methyl sites for hydroxylation is 1. The standard InChI is InChI=1S/C22H22N2O5S/c1-16-5-2-3-7-20(16)30(27)15-17-8-9-19(29-17)22(26)24-12-10-23(11-13-24)21(25)18-6-4-14-28-18/h2-9,14H,10-13,15H2,1H3/t30-/m1/s1. The van der Waals surface area contributed by atoms with Gasteiger partial charge in [0, 0.05) is 31.1 Å². The van der Waals surface area contributed by atoms with Gasteiger partial charge in [-0.25, -0.2) is 0 Å². The lowest BCUT2D eigenvalue weighted by atomic mass is 10.2. The fourth-order valence-corrected chi connectivity index (χ4v) is 4.64. The Morgan fingerprint density at radius 2 is 1.57 bits per heavy atom. The molecule has 3 heterocycles. The van der Waals surface area contributed by atoms with Gasteiger partial charge in [-0.1, -0.05) is 18.2 Å². The van der Waals surface area contributed by atoms with E-state index in [1.807, 2.05) is 31.2 Å². The molecule has 2 amide bonds. The van der Waals surface area contributed by atoms with Crippen LogP contribution in [0.3, 0.4) is 0 Å². The van der Waals surface area contributed by atoms with Crippen molar-refractivity contribution in [1.82, 2.24) is 9.80 Å². The molecule has 1 atom stereocenters. The minimum Gasteiger partial charge on any atom is -0.459 e. The summed E-state index contributed by atoms with van der Waals surface area (Å²) in [6, 6.07) is 14.1. The monoisotopic (exact) mass is 426 g/mol. The van der Waals surface area contributed by atoms with Gasteiger partial charge in [0.2, 0.25) is 0 Å². The molecule has 0 unspecified atom stereocenters. The summed E-state index contributed by atoms with van der Waals surface area (Å²) < 4.78 is 23.5. The Balaban J connectivity index is 1.35. The molecule has 3 aromatic rings. The zero-order chi connectivity index (χ0) is 21.1. The topological polar surface area (TPSA) is 84.0 Å². The van der Waals surface area contributed by atoms with E-state index in [2.05, 4.69) is 0 Å². The molecule has 4 rings (SSSR count). The van der Waals surface area contributed by atoms with Crippen molar-refractivity contribution >= 4 is 22.6 Å². The summed E-state index contributed by atoms with van der Waals surface area (Å²) in [4.78, 5) is 29.2. The molecule has 156 valence electrons. The summed E-state index contributed by atoms with van der Waals surface area (Å²) in [6.07, 6.45) is 1.47. The molecular weight excluding hydrogens is 404 g/mol. The number of carbonyl (C=O) groups is 2. The largest absolute Gasteiger partial charge is 0.459 e. The van der Waals surface area contributed by atoms with Crippen LogP contribution in [0.5, 0.6) is 0 Å². The number of benzene rings is 1. The molecule has 1 aliphatic heterocycles. The highest BCUT2D eigenvalue weighted by Crippen LogP contribution is 2.19. The summed E-state index contributed by atoms with van der Waals surface area (Å²) >= 11 is 0. The fraction of sp³-hybridized carbons (Fsp3) is 0.273. The SMILES string of the molecule is Cc1ccccc1[S@](=O)Cc1ccc(C(=O)N2CCN(C(=O)c3ccco3)CC2)o1. The average Bonchev–Trinajstić information content (AvgIpc) is 3.45. The van der Waals surface area contributed by atoms with Crippen LogP contribution in [0.2, 0.25) is 0 Å². The van der Waals surface area contributed by atoms with Crippen molar-refractivity contribution in [3.63, 3.8) is 0 Å². The first kappa shape index (κ1) is 20.2. The van der Waals surface area contributed by atoms with Gasteiger partial charge in [-0.3, -0.25) is 13.8 Å². The zero-order valence-electron chi connectivity index (χ0n) is 16.6. The Bertz CT molecular complexity index is 1060. The number of amides is 2. The molecule has 0 aliphatic carbocycles. The summed E-state index contributed by atoms with van der Waals surface area (Å²) in [7, 11) is -1.25. The third kappa shape index (κ3) is 4.23. The fourth-order valence-electron chi connectivity index (χ4n) is 3.41. The molecule has 1 aromatic carbocycles. The van der Waals surface area contributed by atoms with Crippen molar-refractivity contribution < 1.29 is 22.6 Å². The van der Waals surface area contributed by atoms with Crippen LogP contribution in [0, 0.1) is 6.92 Å². The molecule has 30 heavy (non-hydrogen) atoms. The van der Waals surface area contributed by atoms with Gasteiger partial charge in [-0.05, 0) is 42.8 Å². The number of piperazine rings is 1. The summed E-state index contributed by atoms with van der Waals surface area (Å²) in [5.74, 6) is 0.833. The van der Waals surface area contributed by atoms with E-state index in [1.165, 1.54) is 6.26 Å². The Labute approximate surface area is 176 Å². The lowest BCUT2D eigenvalue weighted by Crippen LogP contribution is -2.50. The molecule has 7 nitrogen and oxygen atoms in total. The van der Waals surface area contributed by atoms with Gasteiger partial charge < -0.3 is 18.6 Å². The highest BCUT2D eigenvalue weighted by molar-refractivity contribution is 7.84. The van der Waals surface area contributed by atoms with Crippen LogP contribution in [0.1, 0.15) is 32.4 Å². The lowest BCUT2D eigenvalue weighted by molar-refractivity contribution is 0.0501. The van der Waals surface area contributed by atoms with Crippen molar-refractivity contribution in [3.8, 4) is 0 Å². The van der Waals surface area contributed by atoms with E-state index in [0.29, 0.717) is 37.7 Å². The van der Waals surface area contributed by atoms with Crippen molar-refractivity contribution in [2.75, 3.05) is 26.2 Å². The smallest absolute Gasteiger partial charge is 0.289 e. The number of nitrogens with zero attached hydrogens (tertiary/aromatic N) is 2. The maximum atomic E-state index is 12.8. The quantitative estimate of drug-likeness (QED) is 0.626. The molecule has 1 aliphatic rings. The van der Waals surface area contributed by atoms with E-state index in [1.54, 1.807) is 34.1 Å². The number of carbonyl (C=O) groups excluding carboxylic acids is 2. The molecule has 2 aromatic heterocycles. The predicted octanol–water partition coefficient (Wildman–Crippen LogP) is 3.09. The van der Waals surface area contributed by atoms with E-state index in [0.717, 1.165) is 10.5 Å². The van der Waals surface area contributed by atoms with E-state index in [-0.39, 0.29) is 23.3 Å². The van der Waals surface area contributed by atoms with Gasteiger partial charge in [0.15, 0.2) is 11.5 Å². The second-order valence-electron chi connectivity index (χ2n) is 7.08. The Morgan fingerprint density at radius 3 is 2.20 bits per heavy atom. The molecule has 1 saturated heterocycles. The van der Waals surface area contributed by atoms with Gasteiger partial charge in [0.05, 0.1) is 22.8 Å². The van der Waals surface area contributed by atoms with Gasteiger partial charge >= 0.3 is 0 Å². The van der Waals surface area contributed by atoms with Crippen LogP contribution in [0.15, 0.2) is 68.5 Å². The second kappa shape index (κ2) is 8.71. The number of furan rings is 2. The van der Waals surface area contributed by atoms with Crippen LogP contribution < -0.4 is 0 Å². The van der Waals surface area contributed by atoms with E-state index >= 15 is 0 Å². The minimum absolute atomic E-state index is 0.175. The summed E-state index contributed by atoms with van der Waals surface area (Å²) in [5.41, 5.74) is 0.959. The molecule has 0 bridgehead atoms. The molecule has 1 fully saturated rings. The van der Waals surface area contributed by atoms with Crippen LogP contribution in [0.25, 0.3) is 0 Å². The lowest BCUT2D eigenvalue weighted by Gasteiger charge is -2.33. The van der Waals surface area contributed by atoms with Crippen molar-refractivity contribution in [2.45, 2.75) is 17.6 Å². The van der Waals surface area contributed by atoms with Crippen LogP contribution in [-0.2, 0) is 16.6 Å². The molecule has 0 spiro atoms. The Kier molecular flexibility index (Phi) is 5.85. The Hall–Kier alpha value is -3.13. The third-order valence-electron chi connectivity index (χ3n) is 5.07.